The van der Waals surface area contributed by atoms with Crippen LogP contribution in [-0.4, -0.2) is 23.5 Å². The van der Waals surface area contributed by atoms with E-state index >= 15 is 0 Å². The van der Waals surface area contributed by atoms with Gasteiger partial charge in [-0.15, -0.1) is 0 Å². The van der Waals surface area contributed by atoms with Crippen molar-refractivity contribution in [3.8, 4) is 6.07 Å². The Morgan fingerprint density at radius 1 is 1.17 bits per heavy atom. The van der Waals surface area contributed by atoms with Gasteiger partial charge in [0.1, 0.15) is 0 Å². The van der Waals surface area contributed by atoms with Gasteiger partial charge in [-0.2, -0.15) is 5.26 Å². The second-order valence-corrected chi connectivity index (χ2v) is 7.21. The molecule has 0 aromatic rings. The average Bonchev–Trinajstić information content (AvgIpc) is 2.33. The smallest absolute Gasteiger partial charge is 0.0666 e. The molecule has 0 amide bonds. The highest BCUT2D eigenvalue weighted by Crippen LogP contribution is 2.57. The molecule has 0 aromatic carbocycles. The van der Waals surface area contributed by atoms with E-state index in [2.05, 4.69) is 24.8 Å². The van der Waals surface area contributed by atoms with Crippen molar-refractivity contribution >= 4 is 0 Å². The Morgan fingerprint density at radius 3 is 2.06 bits per heavy atom. The molecule has 0 saturated heterocycles. The number of hydrogen-bond donors (Lipinski definition) is 0. The van der Waals surface area contributed by atoms with Crippen LogP contribution in [0.1, 0.15) is 52.4 Å². The van der Waals surface area contributed by atoms with Crippen LogP contribution in [0.15, 0.2) is 0 Å². The van der Waals surface area contributed by atoms with Crippen molar-refractivity contribution in [3.63, 3.8) is 0 Å². The SMILES string of the molecule is CCN(CC(C)C#N)C12CC3CC(CC(C3)C1)C2. The molecule has 4 bridgehead atoms. The monoisotopic (exact) mass is 246 g/mol. The fourth-order valence-corrected chi connectivity index (χ4v) is 5.48. The molecule has 0 aliphatic heterocycles. The van der Waals surface area contributed by atoms with Crippen LogP contribution < -0.4 is 0 Å². The van der Waals surface area contributed by atoms with Gasteiger partial charge < -0.3 is 0 Å². The first-order valence-corrected chi connectivity index (χ1v) is 7.80. The minimum absolute atomic E-state index is 0.179. The molecule has 4 fully saturated rings. The Hall–Kier alpha value is -0.550. The van der Waals surface area contributed by atoms with Crippen LogP contribution in [0.3, 0.4) is 0 Å². The van der Waals surface area contributed by atoms with Gasteiger partial charge >= 0.3 is 0 Å². The van der Waals surface area contributed by atoms with E-state index in [0.29, 0.717) is 5.54 Å². The van der Waals surface area contributed by atoms with Gasteiger partial charge in [0.25, 0.3) is 0 Å². The minimum Gasteiger partial charge on any atom is -0.297 e. The van der Waals surface area contributed by atoms with E-state index in [-0.39, 0.29) is 5.92 Å². The number of rotatable bonds is 4. The van der Waals surface area contributed by atoms with Crippen molar-refractivity contribution in [2.75, 3.05) is 13.1 Å². The maximum absolute atomic E-state index is 9.08. The van der Waals surface area contributed by atoms with E-state index in [9.17, 15) is 0 Å². The fourth-order valence-electron chi connectivity index (χ4n) is 5.48. The van der Waals surface area contributed by atoms with Gasteiger partial charge in [0, 0.05) is 12.1 Å². The Labute approximate surface area is 111 Å². The third-order valence-corrected chi connectivity index (χ3v) is 5.77. The van der Waals surface area contributed by atoms with Crippen LogP contribution in [0.4, 0.5) is 0 Å². The summed E-state index contributed by atoms with van der Waals surface area (Å²) in [4.78, 5) is 2.67. The van der Waals surface area contributed by atoms with Gasteiger partial charge in [0.15, 0.2) is 0 Å². The quantitative estimate of drug-likeness (QED) is 0.760. The minimum atomic E-state index is 0.179. The van der Waals surface area contributed by atoms with Crippen LogP contribution >= 0.6 is 0 Å². The molecule has 2 heteroatoms. The number of hydrogen-bond acceptors (Lipinski definition) is 2. The lowest BCUT2D eigenvalue weighted by atomic mass is 9.52. The van der Waals surface area contributed by atoms with Crippen molar-refractivity contribution in [2.45, 2.75) is 57.9 Å². The second-order valence-electron chi connectivity index (χ2n) is 7.21. The van der Waals surface area contributed by atoms with Gasteiger partial charge in [-0.3, -0.25) is 4.90 Å². The van der Waals surface area contributed by atoms with Gasteiger partial charge in [0.2, 0.25) is 0 Å². The lowest BCUT2D eigenvalue weighted by molar-refractivity contribution is -0.0892. The summed E-state index contributed by atoms with van der Waals surface area (Å²) >= 11 is 0. The van der Waals surface area contributed by atoms with E-state index in [0.717, 1.165) is 30.8 Å². The molecule has 4 rings (SSSR count). The van der Waals surface area contributed by atoms with E-state index in [4.69, 9.17) is 5.26 Å². The first-order valence-electron chi connectivity index (χ1n) is 7.80. The summed E-state index contributed by atoms with van der Waals surface area (Å²) in [6.07, 6.45) is 8.78. The third kappa shape index (κ3) is 1.97. The maximum atomic E-state index is 9.08. The van der Waals surface area contributed by atoms with Gasteiger partial charge in [-0.1, -0.05) is 6.92 Å². The Kier molecular flexibility index (Phi) is 3.14. The molecule has 0 radical (unpaired) electrons. The summed E-state index contributed by atoms with van der Waals surface area (Å²) < 4.78 is 0. The number of nitrogens with zero attached hydrogens (tertiary/aromatic N) is 2. The molecule has 100 valence electrons. The summed E-state index contributed by atoms with van der Waals surface area (Å²) in [6.45, 7) is 6.46. The zero-order valence-electron chi connectivity index (χ0n) is 11.9. The molecule has 2 nitrogen and oxygen atoms in total. The Balaban J connectivity index is 1.79. The number of nitriles is 1. The lowest BCUT2D eigenvalue weighted by Crippen LogP contribution is -2.60. The standard InChI is InChI=1S/C16H26N2/c1-3-18(11-12(2)10-17)16-7-13-4-14(8-16)6-15(5-13)9-16/h12-15H,3-9,11H2,1-2H3. The molecule has 4 aliphatic rings. The van der Waals surface area contributed by atoms with Crippen LogP contribution in [0.5, 0.6) is 0 Å². The molecule has 4 saturated carbocycles. The van der Waals surface area contributed by atoms with Gasteiger partial charge in [-0.05, 0) is 69.7 Å². The lowest BCUT2D eigenvalue weighted by Gasteiger charge is -2.60. The zero-order chi connectivity index (χ0) is 12.8. The van der Waals surface area contributed by atoms with E-state index in [1.165, 1.54) is 38.5 Å². The molecule has 4 aliphatic carbocycles. The van der Waals surface area contributed by atoms with E-state index in [1.807, 2.05) is 0 Å². The van der Waals surface area contributed by atoms with Crippen molar-refractivity contribution in [2.24, 2.45) is 23.7 Å². The molecule has 0 heterocycles. The van der Waals surface area contributed by atoms with Crippen molar-refractivity contribution in [3.05, 3.63) is 0 Å². The zero-order valence-corrected chi connectivity index (χ0v) is 11.9. The molecule has 0 spiro atoms. The molecular formula is C16H26N2. The topological polar surface area (TPSA) is 27.0 Å². The van der Waals surface area contributed by atoms with Gasteiger partial charge in [-0.25, -0.2) is 0 Å². The van der Waals surface area contributed by atoms with Crippen molar-refractivity contribution in [1.29, 1.82) is 5.26 Å². The largest absolute Gasteiger partial charge is 0.297 e. The summed E-state index contributed by atoms with van der Waals surface area (Å²) in [5, 5.41) is 9.08. The highest BCUT2D eigenvalue weighted by Gasteiger charge is 2.53. The van der Waals surface area contributed by atoms with E-state index in [1.54, 1.807) is 0 Å². The molecule has 0 N–H and O–H groups in total. The summed E-state index contributed by atoms with van der Waals surface area (Å²) in [5.74, 6) is 3.19. The van der Waals surface area contributed by atoms with Crippen molar-refractivity contribution in [1.82, 2.24) is 4.90 Å². The highest BCUT2D eigenvalue weighted by molar-refractivity contribution is 5.07. The Bertz CT molecular complexity index is 319. The summed E-state index contributed by atoms with van der Waals surface area (Å²) in [5.41, 5.74) is 0.481. The highest BCUT2D eigenvalue weighted by atomic mass is 15.2. The molecule has 0 aromatic heterocycles. The normalized spacial score (nSPS) is 43.1. The fraction of sp³-hybridized carbons (Fsp3) is 0.938. The van der Waals surface area contributed by atoms with Crippen LogP contribution in [0.2, 0.25) is 0 Å². The predicted octanol–water partition coefficient (Wildman–Crippen LogP) is 3.44. The average molecular weight is 246 g/mol. The van der Waals surface area contributed by atoms with Crippen LogP contribution in [0.25, 0.3) is 0 Å². The first-order chi connectivity index (χ1) is 8.65. The molecule has 1 unspecified atom stereocenters. The molecule has 1 atom stereocenters. The molecular weight excluding hydrogens is 220 g/mol. The first kappa shape index (κ1) is 12.5. The van der Waals surface area contributed by atoms with Crippen LogP contribution in [-0.2, 0) is 0 Å². The predicted molar refractivity (Wildman–Crippen MR) is 72.9 cm³/mol. The third-order valence-electron chi connectivity index (χ3n) is 5.77. The Morgan fingerprint density at radius 2 is 1.67 bits per heavy atom. The maximum Gasteiger partial charge on any atom is 0.0666 e. The van der Waals surface area contributed by atoms with Crippen LogP contribution in [0, 0.1) is 35.0 Å². The van der Waals surface area contributed by atoms with E-state index < -0.39 is 0 Å². The van der Waals surface area contributed by atoms with Crippen molar-refractivity contribution < 1.29 is 0 Å². The summed E-state index contributed by atoms with van der Waals surface area (Å²) in [7, 11) is 0. The second kappa shape index (κ2) is 4.53. The molecule has 18 heavy (non-hydrogen) atoms. The summed E-state index contributed by atoms with van der Waals surface area (Å²) in [6, 6.07) is 2.42. The van der Waals surface area contributed by atoms with Gasteiger partial charge in [0.05, 0.1) is 12.0 Å².